The van der Waals surface area contributed by atoms with E-state index in [2.05, 4.69) is 10.1 Å². The Hall–Kier alpha value is -1.23. The molecule has 0 amide bonds. The van der Waals surface area contributed by atoms with Gasteiger partial charge in [0.05, 0.1) is 12.5 Å². The average Bonchev–Trinajstić information content (AvgIpc) is 2.72. The molecule has 1 aliphatic rings. The van der Waals surface area contributed by atoms with Gasteiger partial charge >= 0.3 is 0 Å². The van der Waals surface area contributed by atoms with Gasteiger partial charge in [0.25, 0.3) is 0 Å². The van der Waals surface area contributed by atoms with E-state index in [9.17, 15) is 4.79 Å². The van der Waals surface area contributed by atoms with Crippen LogP contribution in [0.15, 0.2) is 4.52 Å². The van der Waals surface area contributed by atoms with Crippen LogP contribution in [0.2, 0.25) is 0 Å². The summed E-state index contributed by atoms with van der Waals surface area (Å²) < 4.78 is 5.11. The van der Waals surface area contributed by atoms with E-state index in [1.807, 2.05) is 19.0 Å². The summed E-state index contributed by atoms with van der Waals surface area (Å²) in [6.07, 6.45) is 2.44. The molecule has 0 aliphatic heterocycles. The number of hydrogen-bond donors (Lipinski definition) is 0. The zero-order chi connectivity index (χ0) is 10.8. The Bertz CT molecular complexity index is 359. The van der Waals surface area contributed by atoms with Crippen LogP contribution in [0.25, 0.3) is 0 Å². The van der Waals surface area contributed by atoms with Gasteiger partial charge in [0.1, 0.15) is 5.78 Å². The fourth-order valence-corrected chi connectivity index (χ4v) is 1.83. The highest BCUT2D eigenvalue weighted by Gasteiger charge is 2.30. The van der Waals surface area contributed by atoms with E-state index >= 15 is 0 Å². The van der Waals surface area contributed by atoms with E-state index in [1.54, 1.807) is 0 Å². The van der Waals surface area contributed by atoms with Crippen molar-refractivity contribution in [2.75, 3.05) is 14.1 Å². The number of rotatable bonds is 3. The van der Waals surface area contributed by atoms with E-state index < -0.39 is 0 Å². The third-order valence-electron chi connectivity index (χ3n) is 2.54. The summed E-state index contributed by atoms with van der Waals surface area (Å²) in [5, 5.41) is 3.86. The highest BCUT2D eigenvalue weighted by molar-refractivity contribution is 5.86. The normalized spacial score (nSPS) is 21.5. The summed E-state index contributed by atoms with van der Waals surface area (Å²) in [5.74, 6) is 1.23. The topological polar surface area (TPSA) is 59.2 Å². The largest absolute Gasteiger partial charge is 0.339 e. The molecule has 0 radical (unpaired) electrons. The van der Waals surface area contributed by atoms with Gasteiger partial charge in [-0.2, -0.15) is 4.98 Å². The molecule has 0 saturated heterocycles. The molecule has 15 heavy (non-hydrogen) atoms. The first-order valence-electron chi connectivity index (χ1n) is 5.17. The van der Waals surface area contributed by atoms with Crippen LogP contribution in [-0.2, 0) is 11.3 Å². The van der Waals surface area contributed by atoms with E-state index in [0.717, 1.165) is 12.8 Å². The zero-order valence-electron chi connectivity index (χ0n) is 9.06. The van der Waals surface area contributed by atoms with Crippen molar-refractivity contribution < 1.29 is 9.32 Å². The number of ketones is 1. The van der Waals surface area contributed by atoms with Crippen LogP contribution in [0.1, 0.15) is 36.9 Å². The number of carbonyl (C=O) groups is 1. The molecule has 1 atom stereocenters. The molecule has 1 fully saturated rings. The highest BCUT2D eigenvalue weighted by atomic mass is 16.5. The lowest BCUT2D eigenvalue weighted by atomic mass is 10.1. The van der Waals surface area contributed by atoms with Gasteiger partial charge in [-0.3, -0.25) is 4.79 Å². The predicted molar refractivity (Wildman–Crippen MR) is 53.3 cm³/mol. The fourth-order valence-electron chi connectivity index (χ4n) is 1.83. The standard InChI is InChI=1S/C10H15N3O2/c1-13(2)6-9-11-10(15-12-9)7-4-3-5-8(7)14/h7H,3-6H2,1-2H3. The van der Waals surface area contributed by atoms with E-state index in [4.69, 9.17) is 4.52 Å². The lowest BCUT2D eigenvalue weighted by molar-refractivity contribution is -0.119. The second-order valence-corrected chi connectivity index (χ2v) is 4.20. The molecular weight excluding hydrogens is 194 g/mol. The molecule has 2 rings (SSSR count). The van der Waals surface area contributed by atoms with Gasteiger partial charge in [-0.25, -0.2) is 0 Å². The maximum absolute atomic E-state index is 11.5. The van der Waals surface area contributed by atoms with E-state index in [1.165, 1.54) is 0 Å². The van der Waals surface area contributed by atoms with Crippen molar-refractivity contribution in [2.24, 2.45) is 0 Å². The highest BCUT2D eigenvalue weighted by Crippen LogP contribution is 2.29. The molecule has 5 heteroatoms. The summed E-state index contributed by atoms with van der Waals surface area (Å²) in [7, 11) is 3.88. The Morgan fingerprint density at radius 1 is 1.53 bits per heavy atom. The van der Waals surface area contributed by atoms with Crippen LogP contribution in [0.3, 0.4) is 0 Å². The van der Waals surface area contributed by atoms with Gasteiger partial charge < -0.3 is 9.42 Å². The molecular formula is C10H15N3O2. The lowest BCUT2D eigenvalue weighted by Gasteiger charge is -2.03. The van der Waals surface area contributed by atoms with Gasteiger partial charge in [-0.05, 0) is 26.9 Å². The smallest absolute Gasteiger partial charge is 0.237 e. The molecule has 0 bridgehead atoms. The first kappa shape index (κ1) is 10.3. The van der Waals surface area contributed by atoms with Crippen LogP contribution in [-0.4, -0.2) is 34.9 Å². The summed E-state index contributed by atoms with van der Waals surface area (Å²) in [6, 6.07) is 0. The maximum atomic E-state index is 11.5. The van der Waals surface area contributed by atoms with Crippen molar-refractivity contribution in [1.29, 1.82) is 0 Å². The minimum atomic E-state index is -0.145. The maximum Gasteiger partial charge on any atom is 0.237 e. The van der Waals surface area contributed by atoms with Gasteiger partial charge in [0, 0.05) is 6.42 Å². The van der Waals surface area contributed by atoms with Crippen LogP contribution in [0, 0.1) is 0 Å². The number of nitrogens with zero attached hydrogens (tertiary/aromatic N) is 3. The number of carbonyl (C=O) groups excluding carboxylic acids is 1. The van der Waals surface area contributed by atoms with Crippen LogP contribution >= 0.6 is 0 Å². The zero-order valence-corrected chi connectivity index (χ0v) is 9.06. The number of Topliss-reactive ketones (excluding diaryl/α,β-unsaturated/α-hetero) is 1. The van der Waals surface area contributed by atoms with E-state index in [0.29, 0.717) is 24.7 Å². The second-order valence-electron chi connectivity index (χ2n) is 4.20. The molecule has 1 heterocycles. The molecule has 1 aromatic heterocycles. The number of hydrogen-bond acceptors (Lipinski definition) is 5. The van der Waals surface area contributed by atoms with Crippen molar-refractivity contribution in [3.63, 3.8) is 0 Å². The summed E-state index contributed by atoms with van der Waals surface area (Å²) in [5.41, 5.74) is 0. The fraction of sp³-hybridized carbons (Fsp3) is 0.700. The van der Waals surface area contributed by atoms with Crippen molar-refractivity contribution >= 4 is 5.78 Å². The van der Waals surface area contributed by atoms with Crippen LogP contribution < -0.4 is 0 Å². The van der Waals surface area contributed by atoms with Gasteiger partial charge in [0.2, 0.25) is 5.89 Å². The first-order chi connectivity index (χ1) is 7.16. The molecule has 5 nitrogen and oxygen atoms in total. The van der Waals surface area contributed by atoms with Gasteiger partial charge in [0.15, 0.2) is 5.82 Å². The Labute approximate surface area is 88.5 Å². The number of aromatic nitrogens is 2. The van der Waals surface area contributed by atoms with Crippen LogP contribution in [0.4, 0.5) is 0 Å². The molecule has 1 saturated carbocycles. The molecule has 1 unspecified atom stereocenters. The molecule has 0 aromatic carbocycles. The van der Waals surface area contributed by atoms with Crippen molar-refractivity contribution in [1.82, 2.24) is 15.0 Å². The molecule has 1 aromatic rings. The third-order valence-corrected chi connectivity index (χ3v) is 2.54. The van der Waals surface area contributed by atoms with E-state index in [-0.39, 0.29) is 11.7 Å². The third kappa shape index (κ3) is 2.23. The second kappa shape index (κ2) is 4.10. The van der Waals surface area contributed by atoms with Crippen molar-refractivity contribution in [3.05, 3.63) is 11.7 Å². The summed E-state index contributed by atoms with van der Waals surface area (Å²) >= 11 is 0. The summed E-state index contributed by atoms with van der Waals surface area (Å²) in [6.45, 7) is 0.643. The van der Waals surface area contributed by atoms with Crippen molar-refractivity contribution in [3.8, 4) is 0 Å². The van der Waals surface area contributed by atoms with Gasteiger partial charge in [-0.15, -0.1) is 0 Å². The molecule has 0 N–H and O–H groups in total. The van der Waals surface area contributed by atoms with Gasteiger partial charge in [-0.1, -0.05) is 5.16 Å². The minimum absolute atomic E-state index is 0.145. The average molecular weight is 209 g/mol. The SMILES string of the molecule is CN(C)Cc1noc(C2CCCC2=O)n1. The molecule has 0 spiro atoms. The first-order valence-corrected chi connectivity index (χ1v) is 5.17. The Balaban J connectivity index is 2.09. The Kier molecular flexibility index (Phi) is 2.81. The Morgan fingerprint density at radius 2 is 2.33 bits per heavy atom. The molecule has 1 aliphatic carbocycles. The quantitative estimate of drug-likeness (QED) is 0.742. The van der Waals surface area contributed by atoms with Crippen LogP contribution in [0.5, 0.6) is 0 Å². The monoisotopic (exact) mass is 209 g/mol. The predicted octanol–water partition coefficient (Wildman–Crippen LogP) is 0.968. The summed E-state index contributed by atoms with van der Waals surface area (Å²) in [4.78, 5) is 17.7. The lowest BCUT2D eigenvalue weighted by Crippen LogP contribution is -2.12. The molecule has 82 valence electrons. The van der Waals surface area contributed by atoms with Crippen molar-refractivity contribution in [2.45, 2.75) is 31.7 Å². The minimum Gasteiger partial charge on any atom is -0.339 e. The Morgan fingerprint density at radius 3 is 2.93 bits per heavy atom.